The van der Waals surface area contributed by atoms with Crippen LogP contribution in [-0.4, -0.2) is 69.4 Å². The van der Waals surface area contributed by atoms with E-state index in [0.29, 0.717) is 17.7 Å². The van der Waals surface area contributed by atoms with E-state index in [9.17, 15) is 9.59 Å². The van der Waals surface area contributed by atoms with Gasteiger partial charge in [-0.2, -0.15) is 0 Å². The maximum absolute atomic E-state index is 16.6. The average molecular weight is 688 g/mol. The summed E-state index contributed by atoms with van der Waals surface area (Å²) in [6.45, 7) is 5.99. The molecule has 0 N–H and O–H groups in total. The van der Waals surface area contributed by atoms with E-state index in [0.717, 1.165) is 32.4 Å². The predicted molar refractivity (Wildman–Crippen MR) is 174 cm³/mol. The summed E-state index contributed by atoms with van der Waals surface area (Å²) in [5.41, 5.74) is -1.57. The topological polar surface area (TPSA) is 92.8 Å². The first kappa shape index (κ1) is 35.4. The van der Waals surface area contributed by atoms with Crippen LogP contribution in [0.5, 0.6) is 11.5 Å². The standard InChI is InChI=1S/C36H40ClF2NO8/c1-35(2,3)48-34(42)40(4)21-36(22-11-7-6-8-12-22)20-24-27(47-36)19-25(38)31(37)29(24)30-23(33(41)43-5)14-15-26(32(30)39)44-17-18-46-28-13-9-10-16-45-28/h6-8,11-12,14-15,19,28H,9-10,13,16-18,20-21H2,1-5H3/t28?,36-/m1/s1. The molecule has 1 fully saturated rings. The highest BCUT2D eigenvalue weighted by Gasteiger charge is 2.46. The molecule has 1 amide bonds. The number of methoxy groups -OCH3 is 1. The number of halogens is 3. The van der Waals surface area contributed by atoms with Crippen LogP contribution in [0.15, 0.2) is 48.5 Å². The van der Waals surface area contributed by atoms with Gasteiger partial charge in [-0.3, -0.25) is 0 Å². The van der Waals surface area contributed by atoms with Gasteiger partial charge in [-0.05, 0) is 57.7 Å². The molecule has 2 aliphatic heterocycles. The SMILES string of the molecule is COC(=O)c1ccc(OCCOC2CCCCO2)c(F)c1-c1c(Cl)c(F)cc2c1C[C@@](CN(C)C(=O)OC(C)(C)C)(c1ccccc1)O2. The lowest BCUT2D eigenvalue weighted by Gasteiger charge is -2.34. The summed E-state index contributed by atoms with van der Waals surface area (Å²) in [5.74, 6) is -2.81. The first-order valence-corrected chi connectivity index (χ1v) is 16.2. The number of esters is 1. The quantitative estimate of drug-likeness (QED) is 0.158. The monoisotopic (exact) mass is 687 g/mol. The van der Waals surface area contributed by atoms with Gasteiger partial charge in [0.1, 0.15) is 23.8 Å². The molecule has 9 nitrogen and oxygen atoms in total. The molecule has 1 unspecified atom stereocenters. The molecule has 5 rings (SSSR count). The van der Waals surface area contributed by atoms with E-state index in [1.165, 1.54) is 17.0 Å². The fourth-order valence-electron chi connectivity index (χ4n) is 5.94. The third-order valence-corrected chi connectivity index (χ3v) is 8.47. The van der Waals surface area contributed by atoms with Crippen molar-refractivity contribution in [2.45, 2.75) is 63.9 Å². The number of amides is 1. The molecule has 0 aromatic heterocycles. The number of carbonyl (C=O) groups excluding carboxylic acids is 2. The zero-order valence-electron chi connectivity index (χ0n) is 27.7. The van der Waals surface area contributed by atoms with E-state index >= 15 is 8.78 Å². The number of ether oxygens (including phenoxy) is 6. The van der Waals surface area contributed by atoms with Gasteiger partial charge in [-0.15, -0.1) is 0 Å². The Hall–Kier alpha value is -3.93. The number of rotatable bonds is 10. The minimum absolute atomic E-state index is 0.0139. The van der Waals surface area contributed by atoms with Crippen LogP contribution >= 0.6 is 11.6 Å². The Balaban J connectivity index is 1.55. The fraction of sp³-hybridized carbons (Fsp3) is 0.444. The Labute approximate surface area is 284 Å². The summed E-state index contributed by atoms with van der Waals surface area (Å²) in [7, 11) is 2.73. The van der Waals surface area contributed by atoms with Gasteiger partial charge in [-0.1, -0.05) is 41.9 Å². The van der Waals surface area contributed by atoms with Crippen LogP contribution in [0.1, 0.15) is 61.5 Å². The molecule has 3 aromatic carbocycles. The van der Waals surface area contributed by atoms with Gasteiger partial charge in [0.05, 0.1) is 30.8 Å². The molecule has 12 heteroatoms. The Morgan fingerprint density at radius 2 is 1.81 bits per heavy atom. The van der Waals surface area contributed by atoms with E-state index < -0.39 is 39.9 Å². The highest BCUT2D eigenvalue weighted by molar-refractivity contribution is 6.34. The normalized spacial score (nSPS) is 18.9. The molecule has 0 spiro atoms. The molecule has 3 aromatic rings. The van der Waals surface area contributed by atoms with Crippen LogP contribution < -0.4 is 9.47 Å². The Kier molecular flexibility index (Phi) is 10.8. The van der Waals surface area contributed by atoms with Crippen LogP contribution in [0, 0.1) is 11.6 Å². The summed E-state index contributed by atoms with van der Waals surface area (Å²) < 4.78 is 66.3. The van der Waals surface area contributed by atoms with Crippen molar-refractivity contribution in [3.8, 4) is 22.6 Å². The van der Waals surface area contributed by atoms with Gasteiger partial charge in [-0.25, -0.2) is 18.4 Å². The zero-order chi connectivity index (χ0) is 34.6. The van der Waals surface area contributed by atoms with Gasteiger partial charge in [0, 0.05) is 42.8 Å². The highest BCUT2D eigenvalue weighted by atomic mass is 35.5. The average Bonchev–Trinajstić information content (AvgIpc) is 3.42. The first-order chi connectivity index (χ1) is 22.8. The molecule has 0 aliphatic carbocycles. The number of hydrogen-bond acceptors (Lipinski definition) is 8. The number of benzene rings is 3. The van der Waals surface area contributed by atoms with Gasteiger partial charge < -0.3 is 33.3 Å². The number of hydrogen-bond donors (Lipinski definition) is 0. The Morgan fingerprint density at radius 1 is 1.06 bits per heavy atom. The molecule has 48 heavy (non-hydrogen) atoms. The highest BCUT2D eigenvalue weighted by Crippen LogP contribution is 2.51. The first-order valence-electron chi connectivity index (χ1n) is 15.8. The molecule has 2 atom stereocenters. The molecule has 1 saturated heterocycles. The van der Waals surface area contributed by atoms with Crippen molar-refractivity contribution in [3.63, 3.8) is 0 Å². The van der Waals surface area contributed by atoms with Gasteiger partial charge in [0.2, 0.25) is 0 Å². The van der Waals surface area contributed by atoms with Crippen LogP contribution in [0.25, 0.3) is 11.1 Å². The van der Waals surface area contributed by atoms with Crippen molar-refractivity contribution < 1.29 is 46.8 Å². The molecular formula is C36H40ClF2NO8. The van der Waals surface area contributed by atoms with Crippen molar-refractivity contribution in [1.82, 2.24) is 4.90 Å². The van der Waals surface area contributed by atoms with Gasteiger partial charge >= 0.3 is 12.1 Å². The third kappa shape index (κ3) is 7.69. The van der Waals surface area contributed by atoms with Gasteiger partial charge in [0.25, 0.3) is 0 Å². The van der Waals surface area contributed by atoms with E-state index in [2.05, 4.69) is 0 Å². The van der Waals surface area contributed by atoms with Crippen LogP contribution in [0.3, 0.4) is 0 Å². The number of carbonyl (C=O) groups is 2. The lowest BCUT2D eigenvalue weighted by Crippen LogP contribution is -2.46. The molecule has 2 aliphatic rings. The number of likely N-dealkylation sites (N-methyl/N-ethyl adjacent to an activating group) is 1. The summed E-state index contributed by atoms with van der Waals surface area (Å²) in [5, 5.41) is -0.416. The fourth-order valence-corrected chi connectivity index (χ4v) is 6.20. The second-order valence-electron chi connectivity index (χ2n) is 12.8. The lowest BCUT2D eigenvalue weighted by atomic mass is 9.85. The third-order valence-electron chi connectivity index (χ3n) is 8.10. The van der Waals surface area contributed by atoms with E-state index in [4.69, 9.17) is 40.0 Å². The smallest absolute Gasteiger partial charge is 0.410 e. The molecule has 2 heterocycles. The summed E-state index contributed by atoms with van der Waals surface area (Å²) in [6, 6.07) is 12.9. The molecule has 0 radical (unpaired) electrons. The number of fused-ring (bicyclic) bond motifs is 1. The van der Waals surface area contributed by atoms with Crippen molar-refractivity contribution in [3.05, 3.63) is 81.9 Å². The minimum Gasteiger partial charge on any atom is -0.488 e. The molecule has 258 valence electrons. The van der Waals surface area contributed by atoms with Crippen molar-refractivity contribution in [1.29, 1.82) is 0 Å². The van der Waals surface area contributed by atoms with Crippen LogP contribution in [0.4, 0.5) is 13.6 Å². The molecular weight excluding hydrogens is 648 g/mol. The Morgan fingerprint density at radius 3 is 2.48 bits per heavy atom. The van der Waals surface area contributed by atoms with Crippen molar-refractivity contribution in [2.75, 3.05) is 40.5 Å². The van der Waals surface area contributed by atoms with E-state index in [-0.39, 0.29) is 60.7 Å². The summed E-state index contributed by atoms with van der Waals surface area (Å²) >= 11 is 6.63. The maximum atomic E-state index is 16.6. The second-order valence-corrected chi connectivity index (χ2v) is 13.2. The second kappa shape index (κ2) is 14.7. The number of nitrogens with zero attached hydrogens (tertiary/aromatic N) is 1. The summed E-state index contributed by atoms with van der Waals surface area (Å²) in [6.07, 6.45) is 1.82. The van der Waals surface area contributed by atoms with Crippen molar-refractivity contribution >= 4 is 23.7 Å². The van der Waals surface area contributed by atoms with E-state index in [1.807, 2.05) is 30.3 Å². The van der Waals surface area contributed by atoms with Crippen molar-refractivity contribution in [2.24, 2.45) is 0 Å². The van der Waals surface area contributed by atoms with Crippen LogP contribution in [-0.2, 0) is 31.0 Å². The predicted octanol–water partition coefficient (Wildman–Crippen LogP) is 7.69. The maximum Gasteiger partial charge on any atom is 0.410 e. The minimum atomic E-state index is -1.25. The molecule has 0 saturated carbocycles. The largest absolute Gasteiger partial charge is 0.488 e. The van der Waals surface area contributed by atoms with Gasteiger partial charge in [0.15, 0.2) is 23.5 Å². The zero-order valence-corrected chi connectivity index (χ0v) is 28.5. The van der Waals surface area contributed by atoms with Crippen LogP contribution in [0.2, 0.25) is 5.02 Å². The van der Waals surface area contributed by atoms with E-state index in [1.54, 1.807) is 27.8 Å². The summed E-state index contributed by atoms with van der Waals surface area (Å²) in [4.78, 5) is 27.4. The Bertz CT molecular complexity index is 1640. The lowest BCUT2D eigenvalue weighted by molar-refractivity contribution is -0.165. The molecule has 0 bridgehead atoms.